The number of hydrogen-bond donors (Lipinski definition) is 2. The summed E-state index contributed by atoms with van der Waals surface area (Å²) in [5.41, 5.74) is 4.68. The topological polar surface area (TPSA) is 52.3 Å². The zero-order valence-corrected chi connectivity index (χ0v) is 7.15. The highest BCUT2D eigenvalue weighted by atomic mass is 32.1. The van der Waals surface area contributed by atoms with Crippen molar-refractivity contribution in [2.24, 2.45) is 5.73 Å². The Morgan fingerprint density at radius 1 is 1.80 bits per heavy atom. The minimum Gasteiger partial charge on any atom is -0.444 e. The van der Waals surface area contributed by atoms with Gasteiger partial charge in [-0.1, -0.05) is 6.92 Å². The summed E-state index contributed by atoms with van der Waals surface area (Å²) in [6.07, 6.45) is 0.604. The normalized spacial score (nSPS) is 16.0. The fraction of sp³-hybridized carbons (Fsp3) is 0.833. The van der Waals surface area contributed by atoms with Gasteiger partial charge in [-0.05, 0) is 13.3 Å². The molecule has 0 aliphatic carbocycles. The van der Waals surface area contributed by atoms with Crippen LogP contribution in [-0.2, 0) is 9.53 Å². The number of nitrogens with two attached hydrogens (primary N) is 1. The van der Waals surface area contributed by atoms with Gasteiger partial charge in [-0.2, -0.15) is 12.6 Å². The molecule has 60 valence electrons. The molecule has 0 saturated heterocycles. The van der Waals surface area contributed by atoms with E-state index in [1.807, 2.05) is 6.92 Å². The number of carbonyl (C=O) groups excluding carboxylic acids is 1. The maximum atomic E-state index is 10.6. The third-order valence-corrected chi connectivity index (χ3v) is 1.44. The zero-order chi connectivity index (χ0) is 8.20. The molecule has 1 unspecified atom stereocenters. The summed E-state index contributed by atoms with van der Waals surface area (Å²) in [5.74, 6) is -0.303. The Morgan fingerprint density at radius 3 is 2.60 bits per heavy atom. The van der Waals surface area contributed by atoms with E-state index in [1.54, 1.807) is 6.92 Å². The fourth-order valence-corrected chi connectivity index (χ4v) is 0.429. The largest absolute Gasteiger partial charge is 0.444 e. The van der Waals surface area contributed by atoms with Gasteiger partial charge in [0.05, 0.1) is 5.75 Å². The third-order valence-electron chi connectivity index (χ3n) is 1.18. The zero-order valence-electron chi connectivity index (χ0n) is 6.26. The Hall–Kier alpha value is -0.220. The molecule has 0 amide bonds. The van der Waals surface area contributed by atoms with E-state index in [1.165, 1.54) is 0 Å². The Bertz CT molecular complexity index is 125. The first-order valence-electron chi connectivity index (χ1n) is 3.13. The van der Waals surface area contributed by atoms with Crippen LogP contribution in [0.5, 0.6) is 0 Å². The van der Waals surface area contributed by atoms with Gasteiger partial charge in [0.1, 0.15) is 0 Å². The van der Waals surface area contributed by atoms with Gasteiger partial charge in [0.25, 0.3) is 0 Å². The summed E-state index contributed by atoms with van der Waals surface area (Å²) in [6, 6.07) is 0. The van der Waals surface area contributed by atoms with Crippen LogP contribution in [0.4, 0.5) is 0 Å². The van der Waals surface area contributed by atoms with Gasteiger partial charge in [0.15, 0.2) is 5.72 Å². The minimum absolute atomic E-state index is 0.0762. The number of rotatable bonds is 3. The van der Waals surface area contributed by atoms with Crippen LogP contribution in [-0.4, -0.2) is 17.4 Å². The van der Waals surface area contributed by atoms with Crippen molar-refractivity contribution in [3.63, 3.8) is 0 Å². The van der Waals surface area contributed by atoms with E-state index in [-0.39, 0.29) is 11.7 Å². The highest BCUT2D eigenvalue weighted by Gasteiger charge is 2.19. The van der Waals surface area contributed by atoms with E-state index in [0.717, 1.165) is 0 Å². The van der Waals surface area contributed by atoms with E-state index in [2.05, 4.69) is 12.6 Å². The molecule has 10 heavy (non-hydrogen) atoms. The summed E-state index contributed by atoms with van der Waals surface area (Å²) in [6.45, 7) is 3.51. The SMILES string of the molecule is CCC(C)(N)OC(=O)CS. The first-order valence-corrected chi connectivity index (χ1v) is 3.76. The Morgan fingerprint density at radius 2 is 2.30 bits per heavy atom. The molecule has 0 aliphatic heterocycles. The third kappa shape index (κ3) is 3.74. The standard InChI is InChI=1S/C6H13NO2S/c1-3-6(2,7)9-5(8)4-10/h10H,3-4,7H2,1-2H3. The van der Waals surface area contributed by atoms with Crippen LogP contribution >= 0.6 is 12.6 Å². The fourth-order valence-electron chi connectivity index (χ4n) is 0.364. The van der Waals surface area contributed by atoms with Crippen molar-refractivity contribution in [3.8, 4) is 0 Å². The Balaban J connectivity index is 3.76. The van der Waals surface area contributed by atoms with Gasteiger partial charge in [-0.15, -0.1) is 0 Å². The first-order chi connectivity index (χ1) is 4.52. The van der Waals surface area contributed by atoms with Crippen LogP contribution in [0.3, 0.4) is 0 Å². The number of thiol groups is 1. The average Bonchev–Trinajstić information content (AvgIpc) is 1.87. The molecule has 0 bridgehead atoms. The van der Waals surface area contributed by atoms with Gasteiger partial charge in [-0.3, -0.25) is 10.5 Å². The lowest BCUT2D eigenvalue weighted by atomic mass is 10.2. The second kappa shape index (κ2) is 3.83. The van der Waals surface area contributed by atoms with E-state index in [4.69, 9.17) is 10.5 Å². The van der Waals surface area contributed by atoms with Crippen molar-refractivity contribution in [1.29, 1.82) is 0 Å². The number of esters is 1. The molecule has 0 fully saturated rings. The minimum atomic E-state index is -0.834. The lowest BCUT2D eigenvalue weighted by molar-refractivity contribution is -0.154. The van der Waals surface area contributed by atoms with Crippen LogP contribution in [0, 0.1) is 0 Å². The number of carbonyl (C=O) groups is 1. The second-order valence-electron chi connectivity index (χ2n) is 2.30. The van der Waals surface area contributed by atoms with Crippen LogP contribution < -0.4 is 5.73 Å². The Kier molecular flexibility index (Phi) is 3.75. The molecule has 2 N–H and O–H groups in total. The van der Waals surface area contributed by atoms with Crippen molar-refractivity contribution in [3.05, 3.63) is 0 Å². The van der Waals surface area contributed by atoms with E-state index >= 15 is 0 Å². The van der Waals surface area contributed by atoms with Crippen LogP contribution in [0.15, 0.2) is 0 Å². The van der Waals surface area contributed by atoms with Gasteiger partial charge >= 0.3 is 5.97 Å². The van der Waals surface area contributed by atoms with Gasteiger partial charge in [0, 0.05) is 0 Å². The van der Waals surface area contributed by atoms with Crippen molar-refractivity contribution >= 4 is 18.6 Å². The summed E-state index contributed by atoms with van der Waals surface area (Å²) >= 11 is 3.74. The molecule has 0 spiro atoms. The molecule has 1 atom stereocenters. The van der Waals surface area contributed by atoms with E-state index in [0.29, 0.717) is 6.42 Å². The molecule has 0 rings (SSSR count). The van der Waals surface area contributed by atoms with Gasteiger partial charge < -0.3 is 4.74 Å². The van der Waals surface area contributed by atoms with E-state index in [9.17, 15) is 4.79 Å². The highest BCUT2D eigenvalue weighted by molar-refractivity contribution is 7.81. The molecular weight excluding hydrogens is 150 g/mol. The molecule has 0 aliphatic rings. The lowest BCUT2D eigenvalue weighted by Gasteiger charge is -2.22. The molecule has 0 radical (unpaired) electrons. The van der Waals surface area contributed by atoms with Gasteiger partial charge in [-0.25, -0.2) is 0 Å². The quantitative estimate of drug-likeness (QED) is 0.363. The average molecular weight is 163 g/mol. The predicted molar refractivity (Wildman–Crippen MR) is 42.8 cm³/mol. The molecule has 0 aromatic rings. The monoisotopic (exact) mass is 163 g/mol. The summed E-state index contributed by atoms with van der Waals surface area (Å²) in [7, 11) is 0. The predicted octanol–water partition coefficient (Wildman–Crippen LogP) is 0.544. The maximum absolute atomic E-state index is 10.6. The molecule has 0 aromatic carbocycles. The van der Waals surface area contributed by atoms with Crippen molar-refractivity contribution < 1.29 is 9.53 Å². The number of hydrogen-bond acceptors (Lipinski definition) is 4. The van der Waals surface area contributed by atoms with Crippen LogP contribution in [0.1, 0.15) is 20.3 Å². The molecule has 3 nitrogen and oxygen atoms in total. The molecule has 0 saturated carbocycles. The number of ether oxygens (including phenoxy) is 1. The highest BCUT2D eigenvalue weighted by Crippen LogP contribution is 2.06. The van der Waals surface area contributed by atoms with Crippen molar-refractivity contribution in [2.45, 2.75) is 26.0 Å². The molecular formula is C6H13NO2S. The lowest BCUT2D eigenvalue weighted by Crippen LogP contribution is -2.40. The van der Waals surface area contributed by atoms with Gasteiger partial charge in [0.2, 0.25) is 0 Å². The molecule has 0 aromatic heterocycles. The van der Waals surface area contributed by atoms with E-state index < -0.39 is 5.72 Å². The summed E-state index contributed by atoms with van der Waals surface area (Å²) < 4.78 is 4.80. The summed E-state index contributed by atoms with van der Waals surface area (Å²) in [5, 5.41) is 0. The molecule has 0 heterocycles. The smallest absolute Gasteiger partial charge is 0.317 e. The maximum Gasteiger partial charge on any atom is 0.317 e. The summed E-state index contributed by atoms with van der Waals surface area (Å²) in [4.78, 5) is 10.6. The molecule has 4 heteroatoms. The second-order valence-corrected chi connectivity index (χ2v) is 2.61. The van der Waals surface area contributed by atoms with Crippen molar-refractivity contribution in [1.82, 2.24) is 0 Å². The Labute approximate surface area is 66.3 Å². The van der Waals surface area contributed by atoms with Crippen molar-refractivity contribution in [2.75, 3.05) is 5.75 Å². The van der Waals surface area contributed by atoms with Crippen LogP contribution in [0.25, 0.3) is 0 Å². The van der Waals surface area contributed by atoms with Crippen LogP contribution in [0.2, 0.25) is 0 Å². The first kappa shape index (κ1) is 9.78.